The molecule has 41 heavy (non-hydrogen) atoms. The molecule has 7 rings (SSSR count). The molecule has 3 aliphatic rings. The van der Waals surface area contributed by atoms with Gasteiger partial charge in [-0.2, -0.15) is 0 Å². The predicted octanol–water partition coefficient (Wildman–Crippen LogP) is 4.74. The molecule has 2 aromatic heterocycles. The molecule has 0 saturated heterocycles. The Morgan fingerprint density at radius 3 is 2.76 bits per heavy atom. The lowest BCUT2D eigenvalue weighted by atomic mass is 9.72. The van der Waals surface area contributed by atoms with Crippen molar-refractivity contribution < 1.29 is 32.3 Å². The molecule has 2 aromatic carbocycles. The number of fused-ring (bicyclic) bond motifs is 4. The third-order valence-electron chi connectivity index (χ3n) is 8.12. The first-order valence-corrected chi connectivity index (χ1v) is 13.4. The number of halogens is 1. The molecule has 4 aromatic rings. The van der Waals surface area contributed by atoms with Crippen molar-refractivity contribution in [2.24, 2.45) is 11.8 Å². The summed E-state index contributed by atoms with van der Waals surface area (Å²) in [5.74, 6) is -0.589. The number of hydrogen-bond acceptors (Lipinski definition) is 9. The minimum atomic E-state index is -1.20. The first kappa shape index (κ1) is 25.3. The molecule has 0 aliphatic carbocycles. The van der Waals surface area contributed by atoms with E-state index in [0.717, 1.165) is 11.1 Å². The van der Waals surface area contributed by atoms with E-state index in [0.29, 0.717) is 23.4 Å². The molecule has 4 atom stereocenters. The van der Waals surface area contributed by atoms with Crippen molar-refractivity contribution in [3.05, 3.63) is 82.5 Å². The fourth-order valence-corrected chi connectivity index (χ4v) is 6.09. The second-order valence-electron chi connectivity index (χ2n) is 11.1. The number of rotatable bonds is 3. The van der Waals surface area contributed by atoms with Gasteiger partial charge in [-0.1, -0.05) is 32.9 Å². The average Bonchev–Trinajstić information content (AvgIpc) is 3.71. The van der Waals surface area contributed by atoms with Crippen LogP contribution in [0.2, 0.25) is 0 Å². The smallest absolute Gasteiger partial charge is 0.360 e. The maximum Gasteiger partial charge on any atom is 0.360 e. The number of anilines is 1. The number of benzene rings is 2. The number of esters is 1. The van der Waals surface area contributed by atoms with Gasteiger partial charge in [0.2, 0.25) is 17.7 Å². The van der Waals surface area contributed by atoms with E-state index in [-0.39, 0.29) is 46.7 Å². The standard InChI is InChI=1S/C30H27FN4O6/c1-13(2)22-27-35-23(26-32-20(12-39-26)28(37)38-4)24(41-27)30-17-11-16(31)6-7-19(17)33-29(30)40-21-8-5-15(10-18(21)30)9-14(3)25(36)34-22/h5-8,10-14,22,29,33H,9H2,1-4H3,(H,34,36)/t14?,22-,29+,30-/m0/s1. The van der Waals surface area contributed by atoms with Crippen molar-refractivity contribution in [2.75, 3.05) is 12.4 Å². The topological polar surface area (TPSA) is 129 Å². The van der Waals surface area contributed by atoms with Gasteiger partial charge in [0.05, 0.1) is 7.11 Å². The summed E-state index contributed by atoms with van der Waals surface area (Å²) in [6.07, 6.45) is 0.950. The quantitative estimate of drug-likeness (QED) is 0.343. The third-order valence-corrected chi connectivity index (χ3v) is 8.12. The highest BCUT2D eigenvalue weighted by molar-refractivity contribution is 5.87. The second kappa shape index (κ2) is 8.92. The molecule has 5 heterocycles. The highest BCUT2D eigenvalue weighted by Crippen LogP contribution is 2.59. The van der Waals surface area contributed by atoms with Crippen molar-refractivity contribution in [1.29, 1.82) is 0 Å². The van der Waals surface area contributed by atoms with Crippen molar-refractivity contribution in [2.45, 2.75) is 44.9 Å². The molecule has 10 nitrogen and oxygen atoms in total. The minimum absolute atomic E-state index is 0.00931. The Hall–Kier alpha value is -4.67. The summed E-state index contributed by atoms with van der Waals surface area (Å²) in [5.41, 5.74) is 1.87. The van der Waals surface area contributed by atoms with Gasteiger partial charge in [-0.05, 0) is 42.2 Å². The van der Waals surface area contributed by atoms with Gasteiger partial charge < -0.3 is 28.9 Å². The molecule has 0 radical (unpaired) electrons. The lowest BCUT2D eigenvalue weighted by Gasteiger charge is -2.28. The van der Waals surface area contributed by atoms with Crippen molar-refractivity contribution in [3.63, 3.8) is 0 Å². The second-order valence-corrected chi connectivity index (χ2v) is 11.1. The van der Waals surface area contributed by atoms with E-state index in [1.54, 1.807) is 6.07 Å². The molecule has 4 bridgehead atoms. The van der Waals surface area contributed by atoms with E-state index in [1.807, 2.05) is 39.0 Å². The largest absolute Gasteiger partial charge is 0.469 e. The van der Waals surface area contributed by atoms with Crippen LogP contribution in [0.15, 0.2) is 51.5 Å². The minimum Gasteiger partial charge on any atom is -0.469 e. The maximum absolute atomic E-state index is 14.9. The zero-order valence-corrected chi connectivity index (χ0v) is 22.8. The molecule has 210 valence electrons. The fourth-order valence-electron chi connectivity index (χ4n) is 6.09. The Labute approximate surface area is 234 Å². The number of hydrogen-bond donors (Lipinski definition) is 2. The Bertz CT molecular complexity index is 1730. The van der Waals surface area contributed by atoms with Gasteiger partial charge in [0.25, 0.3) is 0 Å². The van der Waals surface area contributed by atoms with Crippen LogP contribution in [0.5, 0.6) is 5.75 Å². The molecule has 1 amide bonds. The van der Waals surface area contributed by atoms with Crippen LogP contribution >= 0.6 is 0 Å². The summed E-state index contributed by atoms with van der Waals surface area (Å²) in [7, 11) is 1.25. The van der Waals surface area contributed by atoms with E-state index < -0.39 is 29.5 Å². The normalized spacial score (nSPS) is 24.0. The zero-order chi connectivity index (χ0) is 28.6. The predicted molar refractivity (Wildman–Crippen MR) is 143 cm³/mol. The van der Waals surface area contributed by atoms with Gasteiger partial charge in [-0.25, -0.2) is 19.2 Å². The number of methoxy groups -OCH3 is 1. The Balaban J connectivity index is 1.57. The van der Waals surface area contributed by atoms with Crippen molar-refractivity contribution >= 4 is 17.6 Å². The van der Waals surface area contributed by atoms with Gasteiger partial charge in [-0.3, -0.25) is 4.79 Å². The van der Waals surface area contributed by atoms with Crippen LogP contribution in [0.3, 0.4) is 0 Å². The number of nitrogens with zero attached hydrogens (tertiary/aromatic N) is 2. The van der Waals surface area contributed by atoms with Crippen LogP contribution in [-0.4, -0.2) is 35.2 Å². The third kappa shape index (κ3) is 3.61. The molecular weight excluding hydrogens is 531 g/mol. The van der Waals surface area contributed by atoms with E-state index in [1.165, 1.54) is 25.5 Å². The molecule has 0 saturated carbocycles. The van der Waals surface area contributed by atoms with Crippen LogP contribution in [0.1, 0.15) is 65.6 Å². The van der Waals surface area contributed by atoms with Crippen LogP contribution in [0.4, 0.5) is 10.1 Å². The summed E-state index contributed by atoms with van der Waals surface area (Å²) in [5, 5.41) is 6.49. The first-order chi connectivity index (χ1) is 19.7. The summed E-state index contributed by atoms with van der Waals surface area (Å²) in [6, 6.07) is 9.68. The first-order valence-electron chi connectivity index (χ1n) is 13.4. The van der Waals surface area contributed by atoms with E-state index in [2.05, 4.69) is 15.6 Å². The van der Waals surface area contributed by atoms with Crippen molar-refractivity contribution in [3.8, 4) is 17.3 Å². The SMILES string of the molecule is COC(=O)c1coc(-c2nc3oc2[C@@]24c5cc(F)ccc5N[C@@H]2Oc2ccc(cc24)CC(C)C(=O)N[C@H]3C(C)C)n1. The average molecular weight is 559 g/mol. The molecule has 3 aliphatic heterocycles. The fraction of sp³-hybridized carbons (Fsp3) is 0.333. The Kier molecular flexibility index (Phi) is 5.50. The van der Waals surface area contributed by atoms with E-state index in [4.69, 9.17) is 23.3 Å². The Morgan fingerprint density at radius 1 is 1.15 bits per heavy atom. The zero-order valence-electron chi connectivity index (χ0n) is 22.8. The number of amides is 1. The number of aromatic nitrogens is 2. The van der Waals surface area contributed by atoms with Gasteiger partial charge in [-0.15, -0.1) is 0 Å². The van der Waals surface area contributed by atoms with E-state index in [9.17, 15) is 14.0 Å². The Morgan fingerprint density at radius 2 is 1.98 bits per heavy atom. The van der Waals surface area contributed by atoms with Crippen LogP contribution < -0.4 is 15.4 Å². The molecule has 2 N–H and O–H groups in total. The number of carbonyl (C=O) groups excluding carboxylic acids is 2. The lowest BCUT2D eigenvalue weighted by Crippen LogP contribution is -2.40. The van der Waals surface area contributed by atoms with Gasteiger partial charge in [0, 0.05) is 22.7 Å². The van der Waals surface area contributed by atoms with Gasteiger partial charge in [0.1, 0.15) is 29.3 Å². The molecular formula is C30H27FN4O6. The number of ether oxygens (including phenoxy) is 2. The highest BCUT2D eigenvalue weighted by atomic mass is 19.1. The number of nitrogens with one attached hydrogen (secondary N) is 2. The summed E-state index contributed by atoms with van der Waals surface area (Å²) in [6.45, 7) is 5.78. The summed E-state index contributed by atoms with van der Waals surface area (Å²) < 4.78 is 38.6. The highest BCUT2D eigenvalue weighted by Gasteiger charge is 2.61. The van der Waals surface area contributed by atoms with Crippen LogP contribution in [-0.2, 0) is 21.4 Å². The summed E-state index contributed by atoms with van der Waals surface area (Å²) in [4.78, 5) is 34.7. The summed E-state index contributed by atoms with van der Waals surface area (Å²) >= 11 is 0. The maximum atomic E-state index is 14.9. The van der Waals surface area contributed by atoms with Crippen LogP contribution in [0.25, 0.3) is 11.6 Å². The number of oxazole rings is 2. The molecule has 11 heteroatoms. The van der Waals surface area contributed by atoms with E-state index >= 15 is 0 Å². The molecule has 0 fully saturated rings. The molecule has 1 unspecified atom stereocenters. The van der Waals surface area contributed by atoms with Gasteiger partial charge in [0.15, 0.2) is 23.4 Å². The monoisotopic (exact) mass is 558 g/mol. The molecule has 1 spiro atoms. The van der Waals surface area contributed by atoms with Crippen LogP contribution in [0, 0.1) is 17.7 Å². The van der Waals surface area contributed by atoms with Crippen molar-refractivity contribution in [1.82, 2.24) is 15.3 Å². The van der Waals surface area contributed by atoms with Gasteiger partial charge >= 0.3 is 5.97 Å². The lowest BCUT2D eigenvalue weighted by molar-refractivity contribution is -0.125. The number of carbonyl (C=O) groups is 2.